The molecule has 1 rings (SSSR count). The van der Waals surface area contributed by atoms with Crippen LogP contribution in [-0.4, -0.2) is 61.1 Å². The van der Waals surface area contributed by atoms with E-state index in [1.165, 1.54) is 0 Å². The minimum Gasteiger partial charge on any atom is -0.483 e. The SMILES string of the molecule is CCCC(C)(CCC)NC(=O)C1CCN(C=O)CC1.CCOC.O=CO. The number of hydrogen-bond donors (Lipinski definition) is 2. The van der Waals surface area contributed by atoms with Gasteiger partial charge in [0.25, 0.3) is 6.47 Å². The summed E-state index contributed by atoms with van der Waals surface area (Å²) in [6, 6.07) is 0. The number of likely N-dealkylation sites (tertiary alicyclic amines) is 1. The Morgan fingerprint density at radius 1 is 1.19 bits per heavy atom. The predicted octanol–water partition coefficient (Wildman–Crippen LogP) is 2.68. The number of amides is 2. The average molecular weight is 375 g/mol. The number of carboxylic acid groups (broad SMARTS) is 1. The molecule has 1 fully saturated rings. The molecule has 2 N–H and O–H groups in total. The fraction of sp³-hybridized carbons (Fsp3) is 0.842. The van der Waals surface area contributed by atoms with Gasteiger partial charge in [-0.25, -0.2) is 0 Å². The number of nitrogens with zero attached hydrogens (tertiary/aromatic N) is 1. The molecular formula is C19H38N2O5. The van der Waals surface area contributed by atoms with Crippen LogP contribution in [0.3, 0.4) is 0 Å². The normalized spacial score (nSPS) is 14.3. The third-order valence-corrected chi connectivity index (χ3v) is 4.37. The van der Waals surface area contributed by atoms with Crippen LogP contribution in [0, 0.1) is 5.92 Å². The Hall–Kier alpha value is -1.63. The zero-order valence-corrected chi connectivity index (χ0v) is 17.1. The Labute approximate surface area is 158 Å². The van der Waals surface area contributed by atoms with Gasteiger partial charge >= 0.3 is 0 Å². The zero-order valence-electron chi connectivity index (χ0n) is 17.1. The molecular weight excluding hydrogens is 336 g/mol. The fourth-order valence-electron chi connectivity index (χ4n) is 3.02. The zero-order chi connectivity index (χ0) is 20.4. The molecule has 0 bridgehead atoms. The lowest BCUT2D eigenvalue weighted by molar-refractivity contribution is -0.130. The van der Waals surface area contributed by atoms with Gasteiger partial charge in [-0.1, -0.05) is 26.7 Å². The van der Waals surface area contributed by atoms with Gasteiger partial charge < -0.3 is 20.1 Å². The molecule has 0 aromatic heterocycles. The van der Waals surface area contributed by atoms with E-state index in [2.05, 4.69) is 30.8 Å². The van der Waals surface area contributed by atoms with Gasteiger partial charge in [0.2, 0.25) is 12.3 Å². The maximum atomic E-state index is 12.3. The first-order chi connectivity index (χ1) is 12.4. The first-order valence-corrected chi connectivity index (χ1v) is 9.45. The minimum atomic E-state index is -0.250. The van der Waals surface area contributed by atoms with Crippen molar-refractivity contribution in [2.24, 2.45) is 5.92 Å². The molecule has 1 aliphatic rings. The van der Waals surface area contributed by atoms with E-state index in [0.29, 0.717) is 13.1 Å². The summed E-state index contributed by atoms with van der Waals surface area (Å²) < 4.78 is 4.54. The van der Waals surface area contributed by atoms with Gasteiger partial charge in [-0.05, 0) is 39.5 Å². The number of rotatable bonds is 8. The van der Waals surface area contributed by atoms with Gasteiger partial charge in [0, 0.05) is 38.3 Å². The Balaban J connectivity index is 0. The maximum Gasteiger partial charge on any atom is 0.290 e. The van der Waals surface area contributed by atoms with Gasteiger partial charge in [0.05, 0.1) is 0 Å². The monoisotopic (exact) mass is 374 g/mol. The summed E-state index contributed by atoms with van der Waals surface area (Å²) in [5.74, 6) is 0.249. The van der Waals surface area contributed by atoms with Crippen LogP contribution in [0.5, 0.6) is 0 Å². The van der Waals surface area contributed by atoms with Crippen molar-refractivity contribution in [2.75, 3.05) is 26.8 Å². The number of nitrogens with one attached hydrogen (secondary N) is 1. The molecule has 0 spiro atoms. The highest BCUT2D eigenvalue weighted by Gasteiger charge is 2.30. The van der Waals surface area contributed by atoms with Crippen LogP contribution in [0.1, 0.15) is 66.2 Å². The second kappa shape index (κ2) is 16.8. The lowest BCUT2D eigenvalue weighted by Gasteiger charge is -2.34. The standard InChI is InChI=1S/C15H28N2O2.C3H8O.CH2O2/c1-4-8-15(3,9-5-2)16-14(19)13-6-10-17(12-18)11-7-13;1-3-4-2;2-1-3/h12-13H,4-11H2,1-3H3,(H,16,19);3H2,1-2H3;1H,(H,2,3). The van der Waals surface area contributed by atoms with E-state index >= 15 is 0 Å². The van der Waals surface area contributed by atoms with Gasteiger partial charge in [-0.15, -0.1) is 0 Å². The van der Waals surface area contributed by atoms with Crippen LogP contribution in [0.15, 0.2) is 0 Å². The van der Waals surface area contributed by atoms with Crippen LogP contribution in [0.4, 0.5) is 0 Å². The van der Waals surface area contributed by atoms with Crippen molar-refractivity contribution in [2.45, 2.75) is 71.8 Å². The number of ether oxygens (including phenoxy) is 1. The highest BCUT2D eigenvalue weighted by atomic mass is 16.5. The summed E-state index contributed by atoms with van der Waals surface area (Å²) in [6.45, 7) is 10.4. The molecule has 0 saturated carbocycles. The summed E-state index contributed by atoms with van der Waals surface area (Å²) in [6.07, 6.45) is 6.68. The highest BCUT2D eigenvalue weighted by molar-refractivity contribution is 5.79. The average Bonchev–Trinajstić information content (AvgIpc) is 2.63. The lowest BCUT2D eigenvalue weighted by Crippen LogP contribution is -2.50. The van der Waals surface area contributed by atoms with E-state index in [9.17, 15) is 9.59 Å². The van der Waals surface area contributed by atoms with Gasteiger partial charge in [0.15, 0.2) is 0 Å². The second-order valence-corrected chi connectivity index (χ2v) is 6.65. The third-order valence-electron chi connectivity index (χ3n) is 4.37. The van der Waals surface area contributed by atoms with E-state index in [1.54, 1.807) is 12.0 Å². The Morgan fingerprint density at radius 2 is 1.62 bits per heavy atom. The maximum absolute atomic E-state index is 12.3. The first-order valence-electron chi connectivity index (χ1n) is 9.45. The van der Waals surface area contributed by atoms with Crippen molar-refractivity contribution in [1.82, 2.24) is 10.2 Å². The molecule has 0 atom stereocenters. The van der Waals surface area contributed by atoms with Crippen molar-refractivity contribution in [3.8, 4) is 0 Å². The fourth-order valence-corrected chi connectivity index (χ4v) is 3.02. The lowest BCUT2D eigenvalue weighted by atomic mass is 9.88. The van der Waals surface area contributed by atoms with Gasteiger partial charge in [-0.2, -0.15) is 0 Å². The molecule has 1 saturated heterocycles. The van der Waals surface area contributed by atoms with Gasteiger partial charge in [-0.3, -0.25) is 14.4 Å². The summed E-state index contributed by atoms with van der Waals surface area (Å²) in [5.41, 5.74) is -0.0671. The number of carbonyl (C=O) groups excluding carboxylic acids is 2. The van der Waals surface area contributed by atoms with Crippen LogP contribution in [0.25, 0.3) is 0 Å². The van der Waals surface area contributed by atoms with E-state index in [-0.39, 0.29) is 23.8 Å². The molecule has 0 aromatic carbocycles. The topological polar surface area (TPSA) is 95.9 Å². The van der Waals surface area contributed by atoms with E-state index in [0.717, 1.165) is 51.5 Å². The van der Waals surface area contributed by atoms with Crippen LogP contribution in [-0.2, 0) is 19.1 Å². The van der Waals surface area contributed by atoms with Crippen LogP contribution in [0.2, 0.25) is 0 Å². The largest absolute Gasteiger partial charge is 0.483 e. The number of methoxy groups -OCH3 is 1. The summed E-state index contributed by atoms with van der Waals surface area (Å²) in [4.78, 5) is 33.1. The van der Waals surface area contributed by atoms with Crippen molar-refractivity contribution in [3.05, 3.63) is 0 Å². The van der Waals surface area contributed by atoms with Crippen LogP contribution < -0.4 is 5.32 Å². The van der Waals surface area contributed by atoms with E-state index < -0.39 is 0 Å². The second-order valence-electron chi connectivity index (χ2n) is 6.65. The number of hydrogen-bond acceptors (Lipinski definition) is 4. The molecule has 1 aliphatic heterocycles. The number of carbonyl (C=O) groups is 3. The quantitative estimate of drug-likeness (QED) is 0.637. The predicted molar refractivity (Wildman–Crippen MR) is 103 cm³/mol. The molecule has 0 aromatic rings. The Bertz CT molecular complexity index is 361. The van der Waals surface area contributed by atoms with E-state index in [4.69, 9.17) is 9.90 Å². The number of piperidine rings is 1. The van der Waals surface area contributed by atoms with E-state index in [1.807, 2.05) is 6.92 Å². The highest BCUT2D eigenvalue weighted by Crippen LogP contribution is 2.22. The minimum absolute atomic E-state index is 0.0671. The summed E-state index contributed by atoms with van der Waals surface area (Å²) >= 11 is 0. The van der Waals surface area contributed by atoms with Gasteiger partial charge in [0.1, 0.15) is 0 Å². The van der Waals surface area contributed by atoms with Crippen molar-refractivity contribution < 1.29 is 24.2 Å². The molecule has 0 radical (unpaired) electrons. The van der Waals surface area contributed by atoms with Crippen molar-refractivity contribution in [3.63, 3.8) is 0 Å². The van der Waals surface area contributed by atoms with Crippen molar-refractivity contribution in [1.29, 1.82) is 0 Å². The smallest absolute Gasteiger partial charge is 0.290 e. The summed E-state index contributed by atoms with van der Waals surface area (Å²) in [7, 11) is 1.68. The molecule has 0 unspecified atom stereocenters. The van der Waals surface area contributed by atoms with Crippen LogP contribution >= 0.6 is 0 Å². The third kappa shape index (κ3) is 12.7. The molecule has 7 heteroatoms. The molecule has 2 amide bonds. The molecule has 154 valence electrons. The molecule has 0 aliphatic carbocycles. The Morgan fingerprint density at radius 3 is 1.92 bits per heavy atom. The molecule has 1 heterocycles. The van der Waals surface area contributed by atoms with Crippen molar-refractivity contribution >= 4 is 18.8 Å². The Kier molecular flexibility index (Phi) is 17.2. The molecule has 7 nitrogen and oxygen atoms in total. The molecule has 26 heavy (non-hydrogen) atoms. The first kappa shape index (κ1) is 26.6. The summed E-state index contributed by atoms with van der Waals surface area (Å²) in [5, 5.41) is 10.1.